The third kappa shape index (κ3) is 5.00. The van der Waals surface area contributed by atoms with E-state index in [1.54, 1.807) is 0 Å². The van der Waals surface area contributed by atoms with Crippen LogP contribution in [-0.2, 0) is 11.3 Å². The van der Waals surface area contributed by atoms with Crippen LogP contribution in [0, 0.1) is 0 Å². The first-order valence-corrected chi connectivity index (χ1v) is 9.21. The van der Waals surface area contributed by atoms with Gasteiger partial charge in [-0.1, -0.05) is 0 Å². The average molecular weight is 251 g/mol. The zero-order chi connectivity index (χ0) is 10.2. The molecule has 0 bridgehead atoms. The van der Waals surface area contributed by atoms with Crippen molar-refractivity contribution in [3.8, 4) is 0 Å². The molecule has 0 radical (unpaired) electrons. The summed E-state index contributed by atoms with van der Waals surface area (Å²) in [5.41, 5.74) is 0. The maximum atomic E-state index is 5.69. The van der Waals surface area contributed by atoms with Crippen LogP contribution >= 0.6 is 0 Å². The van der Waals surface area contributed by atoms with Crippen molar-refractivity contribution in [3.05, 3.63) is 0 Å². The van der Waals surface area contributed by atoms with Gasteiger partial charge in [-0.25, -0.2) is 0 Å². The van der Waals surface area contributed by atoms with E-state index in [2.05, 4.69) is 6.92 Å². The van der Waals surface area contributed by atoms with Crippen LogP contribution in [0.2, 0.25) is 5.25 Å². The third-order valence-electron chi connectivity index (χ3n) is 1.65. The molecule has 0 amide bonds. The summed E-state index contributed by atoms with van der Waals surface area (Å²) in [5, 5.41) is 0.968. The summed E-state index contributed by atoms with van der Waals surface area (Å²) in [4.78, 5) is 0. The number of hydrogen-bond donors (Lipinski definition) is 0. The third-order valence-corrected chi connectivity index (χ3v) is 8.57. The Bertz CT molecular complexity index is 89.9. The van der Waals surface area contributed by atoms with Crippen LogP contribution in [0.4, 0.5) is 0 Å². The van der Waals surface area contributed by atoms with E-state index >= 15 is 0 Å². The van der Waals surface area contributed by atoms with E-state index in [1.165, 1.54) is 0 Å². The van der Waals surface area contributed by atoms with Gasteiger partial charge in [0.2, 0.25) is 0 Å². The quantitative estimate of drug-likeness (QED) is 0.620. The molecular weight excluding hydrogens is 229 g/mol. The maximum absolute atomic E-state index is 5.69. The van der Waals surface area contributed by atoms with E-state index in [-0.39, 0.29) is 0 Å². The van der Waals surface area contributed by atoms with Crippen molar-refractivity contribution >= 4 is 14.3 Å². The van der Waals surface area contributed by atoms with Gasteiger partial charge < -0.3 is 0 Å². The first-order valence-electron chi connectivity index (χ1n) is 5.16. The van der Waals surface area contributed by atoms with Crippen molar-refractivity contribution in [2.24, 2.45) is 0 Å². The molecule has 80 valence electrons. The van der Waals surface area contributed by atoms with E-state index in [1.807, 2.05) is 20.8 Å². The van der Waals surface area contributed by atoms with Gasteiger partial charge in [0, 0.05) is 0 Å². The van der Waals surface area contributed by atoms with Crippen molar-refractivity contribution in [2.45, 2.75) is 39.4 Å². The molecule has 3 nitrogen and oxygen atoms in total. The zero-order valence-electron chi connectivity index (χ0n) is 9.26. The van der Waals surface area contributed by atoms with Crippen LogP contribution in [0.15, 0.2) is 0 Å². The fraction of sp³-hybridized carbons (Fsp3) is 1.00. The Kier molecular flexibility index (Phi) is 8.05. The molecule has 13 heavy (non-hydrogen) atoms. The second-order valence-corrected chi connectivity index (χ2v) is 8.46. The van der Waals surface area contributed by atoms with Crippen molar-refractivity contribution in [2.75, 3.05) is 19.8 Å². The molecule has 0 spiro atoms. The molecule has 0 fully saturated rings. The second kappa shape index (κ2) is 7.79. The fourth-order valence-corrected chi connectivity index (χ4v) is 6.79. The molecule has 0 aliphatic rings. The molecule has 0 atom stereocenters. The SMILES string of the molecule is CC[CH2][Ge]([O]CC)([O]CC)[O]CC. The molecule has 0 aliphatic carbocycles. The number of hydrogen-bond acceptors (Lipinski definition) is 3. The van der Waals surface area contributed by atoms with E-state index < -0.39 is 14.3 Å². The normalized spacial score (nSPS) is 12.0. The predicted octanol–water partition coefficient (Wildman–Crippen LogP) is 2.44. The van der Waals surface area contributed by atoms with Gasteiger partial charge in [-0.2, -0.15) is 0 Å². The van der Waals surface area contributed by atoms with Crippen molar-refractivity contribution in [1.82, 2.24) is 0 Å². The molecule has 0 aromatic heterocycles. The summed E-state index contributed by atoms with van der Waals surface area (Å²) >= 11 is -2.82. The predicted molar refractivity (Wildman–Crippen MR) is 55.7 cm³/mol. The van der Waals surface area contributed by atoms with Crippen molar-refractivity contribution in [3.63, 3.8) is 0 Å². The van der Waals surface area contributed by atoms with Crippen LogP contribution in [0.25, 0.3) is 0 Å². The van der Waals surface area contributed by atoms with Gasteiger partial charge in [-0.15, -0.1) is 0 Å². The Labute approximate surface area is 85.1 Å². The van der Waals surface area contributed by atoms with Gasteiger partial charge in [-0.05, 0) is 0 Å². The molecular formula is C9H22GeO3. The van der Waals surface area contributed by atoms with Crippen molar-refractivity contribution in [1.29, 1.82) is 0 Å². The summed E-state index contributed by atoms with van der Waals surface area (Å²) in [5.74, 6) is 0. The summed E-state index contributed by atoms with van der Waals surface area (Å²) in [7, 11) is 0. The molecule has 0 aromatic rings. The second-order valence-electron chi connectivity index (χ2n) is 2.73. The van der Waals surface area contributed by atoms with Gasteiger partial charge in [0.1, 0.15) is 0 Å². The fourth-order valence-electron chi connectivity index (χ4n) is 1.31. The summed E-state index contributed by atoms with van der Waals surface area (Å²) < 4.78 is 17.1. The summed E-state index contributed by atoms with van der Waals surface area (Å²) in [6.45, 7) is 10.2. The van der Waals surface area contributed by atoms with Gasteiger partial charge >= 0.3 is 84.8 Å². The topological polar surface area (TPSA) is 27.7 Å². The van der Waals surface area contributed by atoms with Gasteiger partial charge in [0.15, 0.2) is 0 Å². The Balaban J connectivity index is 4.19. The molecule has 0 saturated heterocycles. The molecule has 4 heteroatoms. The van der Waals surface area contributed by atoms with Crippen molar-refractivity contribution < 1.29 is 11.3 Å². The van der Waals surface area contributed by atoms with Crippen LogP contribution in [0.3, 0.4) is 0 Å². The molecule has 0 heterocycles. The molecule has 0 unspecified atom stereocenters. The average Bonchev–Trinajstić information content (AvgIpc) is 2.06. The molecule has 0 aromatic carbocycles. The monoisotopic (exact) mass is 252 g/mol. The van der Waals surface area contributed by atoms with Crippen LogP contribution in [0.5, 0.6) is 0 Å². The van der Waals surface area contributed by atoms with Gasteiger partial charge in [-0.3, -0.25) is 0 Å². The summed E-state index contributed by atoms with van der Waals surface area (Å²) in [6.07, 6.45) is 1.07. The summed E-state index contributed by atoms with van der Waals surface area (Å²) in [6, 6.07) is 0. The van der Waals surface area contributed by atoms with Crippen LogP contribution in [-0.4, -0.2) is 34.1 Å². The molecule has 0 N–H and O–H groups in total. The van der Waals surface area contributed by atoms with Gasteiger partial charge in [0.05, 0.1) is 0 Å². The van der Waals surface area contributed by atoms with Crippen LogP contribution in [0.1, 0.15) is 34.1 Å². The minimum absolute atomic E-state index is 0.694. The molecule has 0 rings (SSSR count). The minimum atomic E-state index is -2.82. The number of rotatable bonds is 8. The zero-order valence-corrected chi connectivity index (χ0v) is 11.4. The Morgan fingerprint density at radius 1 is 0.769 bits per heavy atom. The first-order chi connectivity index (χ1) is 6.24. The van der Waals surface area contributed by atoms with Crippen LogP contribution < -0.4 is 0 Å². The van der Waals surface area contributed by atoms with E-state index in [0.717, 1.165) is 11.7 Å². The standard InChI is InChI=1S/C9H22GeO3/c1-5-9-10(11-6-2,12-7-3)13-8-4/h5-9H2,1-4H3. The Hall–Kier alpha value is 0.423. The molecule has 0 aliphatic heterocycles. The van der Waals surface area contributed by atoms with E-state index in [9.17, 15) is 0 Å². The van der Waals surface area contributed by atoms with E-state index in [4.69, 9.17) is 11.3 Å². The van der Waals surface area contributed by atoms with E-state index in [0.29, 0.717) is 19.8 Å². The first kappa shape index (κ1) is 13.4. The van der Waals surface area contributed by atoms with Gasteiger partial charge in [0.25, 0.3) is 0 Å². The molecule has 0 saturated carbocycles. The Morgan fingerprint density at radius 3 is 1.38 bits per heavy atom. The Morgan fingerprint density at radius 2 is 1.15 bits per heavy atom.